The fourth-order valence-electron chi connectivity index (χ4n) is 16.3. The second-order valence-corrected chi connectivity index (χ2v) is 48.4. The lowest BCUT2D eigenvalue weighted by molar-refractivity contribution is 0.568. The summed E-state index contributed by atoms with van der Waals surface area (Å²) < 4.78 is 197. The van der Waals surface area contributed by atoms with Crippen LogP contribution in [0.25, 0.3) is 66.8 Å². The van der Waals surface area contributed by atoms with Gasteiger partial charge >= 0.3 is 0 Å². The number of hydrogen-bond acceptors (Lipinski definition) is 2. The van der Waals surface area contributed by atoms with E-state index >= 15 is 0 Å². The molecule has 0 fully saturated rings. The standard InChI is InChI=1S/C118H149BN2/c1-106(2,3)78-46-40-72(41-47-78)91-64-86(114(25,26)27)66-93(89-52-50-80(108(7,8)9)68-95(89)117(34,35)36)104(91)120-99-54-44-74(76-56-82(110(13,14)15)62-83(57-76)111(16,17)18)60-97(99)119-98-61-75(77-58-84(112(19,20)21)63-85(59-77)113(22,23)24)45-55-100(98)121(102-71-88(116(31,32)33)70-101(120)103(102)119)105-92(73-42-48-79(49-43-73)107(4,5)6)65-87(115(28,29)30)67-94(105)90-53-51-81(109(10,11)12)69-96(90)118(37,38)39/h40-71H,1-39H3/i40D,41D,42D,43D,46D,47D,48D,49D,50D,51D,52D,53D,64D,65D,66D,67D,68D,69D. The average molecular weight is 1620 g/mol. The maximum absolute atomic E-state index is 11.7. The van der Waals surface area contributed by atoms with Crippen molar-refractivity contribution >= 4 is 57.2 Å². The first-order valence-electron chi connectivity index (χ1n) is 53.1. The van der Waals surface area contributed by atoms with Crippen LogP contribution in [0.15, 0.2) is 194 Å². The summed E-state index contributed by atoms with van der Waals surface area (Å²) in [6.45, 7) is 77.1. The fraction of sp³-hybridized carbons (Fsp3) is 0.441. The largest absolute Gasteiger partial charge is 0.310 e. The molecule has 13 rings (SSSR count). The first-order chi connectivity index (χ1) is 62.8. The van der Waals surface area contributed by atoms with E-state index in [-0.39, 0.29) is 196 Å². The van der Waals surface area contributed by atoms with Crippen LogP contribution in [0.5, 0.6) is 0 Å². The van der Waals surface area contributed by atoms with E-state index in [2.05, 4.69) is 189 Å². The van der Waals surface area contributed by atoms with Crippen molar-refractivity contribution in [1.82, 2.24) is 0 Å². The molecule has 2 aliphatic rings. The van der Waals surface area contributed by atoms with E-state index < -0.39 is 79.6 Å². The van der Waals surface area contributed by atoms with E-state index in [4.69, 9.17) is 0 Å². The van der Waals surface area contributed by atoms with Crippen molar-refractivity contribution in [1.29, 1.82) is 0 Å². The van der Waals surface area contributed by atoms with E-state index in [9.17, 15) is 24.7 Å². The maximum Gasteiger partial charge on any atom is 0.252 e. The van der Waals surface area contributed by atoms with Crippen molar-refractivity contribution in [2.45, 2.75) is 340 Å². The molecule has 634 valence electrons. The average Bonchev–Trinajstić information content (AvgIpc) is 0.674. The van der Waals surface area contributed by atoms with Crippen molar-refractivity contribution < 1.29 is 24.7 Å². The fourth-order valence-corrected chi connectivity index (χ4v) is 16.3. The minimum Gasteiger partial charge on any atom is -0.310 e. The topological polar surface area (TPSA) is 6.48 Å². The summed E-state index contributed by atoms with van der Waals surface area (Å²) in [5.41, 5.74) is 1.46. The van der Waals surface area contributed by atoms with Gasteiger partial charge in [-0.3, -0.25) is 0 Å². The Bertz CT molecular complexity index is 6460. The van der Waals surface area contributed by atoms with Crippen LogP contribution in [0.4, 0.5) is 34.1 Å². The van der Waals surface area contributed by atoms with Gasteiger partial charge in [0.2, 0.25) is 0 Å². The monoisotopic (exact) mass is 1620 g/mol. The lowest BCUT2D eigenvalue weighted by Crippen LogP contribution is -2.61. The number of nitrogens with zero attached hydrogens (tertiary/aromatic N) is 2. The molecule has 0 spiro atoms. The molecule has 121 heavy (non-hydrogen) atoms. The molecule has 0 unspecified atom stereocenters. The minimum atomic E-state index is -1.18. The van der Waals surface area contributed by atoms with Gasteiger partial charge < -0.3 is 9.80 Å². The molecule has 0 saturated heterocycles. The molecule has 0 atom stereocenters. The highest BCUT2D eigenvalue weighted by Gasteiger charge is 2.48. The van der Waals surface area contributed by atoms with Gasteiger partial charge in [0.1, 0.15) is 0 Å². The second-order valence-electron chi connectivity index (χ2n) is 48.4. The molecule has 0 saturated carbocycles. The molecule has 0 radical (unpaired) electrons. The van der Waals surface area contributed by atoms with E-state index in [0.717, 1.165) is 44.5 Å². The molecular formula is C118H149BN2. The molecule has 0 N–H and O–H groups in total. The van der Waals surface area contributed by atoms with Gasteiger partial charge in [-0.15, -0.1) is 0 Å². The Morgan fingerprint density at radius 2 is 0.455 bits per heavy atom. The van der Waals surface area contributed by atoms with Crippen LogP contribution < -0.4 is 26.2 Å². The molecule has 2 aliphatic heterocycles. The van der Waals surface area contributed by atoms with Gasteiger partial charge in [0.05, 0.1) is 36.0 Å². The van der Waals surface area contributed by atoms with Crippen LogP contribution in [0, 0.1) is 0 Å². The third kappa shape index (κ3) is 17.7. The minimum absolute atomic E-state index is 0.0137. The molecule has 0 aliphatic carbocycles. The zero-order chi connectivity index (χ0) is 105. The zero-order valence-corrected chi connectivity index (χ0v) is 81.1. The lowest BCUT2D eigenvalue weighted by Gasteiger charge is -2.47. The smallest absolute Gasteiger partial charge is 0.252 e. The second kappa shape index (κ2) is 29.9. The summed E-state index contributed by atoms with van der Waals surface area (Å²) >= 11 is 0. The normalized spacial score (nSPS) is 16.3. The maximum atomic E-state index is 11.7. The molecule has 0 amide bonds. The zero-order valence-electron chi connectivity index (χ0n) is 99.1. The number of benzene rings is 11. The summed E-state index contributed by atoms with van der Waals surface area (Å²) in [6, 6.07) is 24.6. The Morgan fingerprint density at radius 3 is 0.719 bits per heavy atom. The van der Waals surface area contributed by atoms with E-state index in [1.165, 1.54) is 0 Å². The summed E-state index contributed by atoms with van der Waals surface area (Å²) in [4.78, 5) is 3.99. The quantitative estimate of drug-likeness (QED) is 0.140. The van der Waals surface area contributed by atoms with Gasteiger partial charge in [-0.2, -0.15) is 0 Å². The highest BCUT2D eigenvalue weighted by Crippen LogP contribution is 2.58. The Labute approximate surface area is 761 Å². The SMILES string of the molecule is [2H]c1c([2H])c(C(C)(C)C)c([2H])c([2H])c1-c1c([2H])c(C(C)(C)C)c([2H])c(-c2c([2H])c([2H])c(C(C)(C)C)c([2H])c2C(C)(C)C)c1N1c2ccc(-c3cc(C(C)(C)C)cc(C(C)(C)C)c3)cc2B2c3cc(-c4cc(C(C)(C)C)cc(C(C)(C)C)c4)ccc3N(c3c(-c4c([2H])c([2H])c(C(C)(C)C)c([2H])c4[2H])c([2H])c(C(C)(C)C)c([2H])c3-c3c([2H])c([2H])c(C(C)(C)C)c([2H])c3C(C)(C)C)c3cc(C(C)(C)C)cc1c32. The summed E-state index contributed by atoms with van der Waals surface area (Å²) in [6.07, 6.45) is 0. The van der Waals surface area contributed by atoms with Gasteiger partial charge in [0.25, 0.3) is 6.71 Å². The molecular weight excluding hydrogens is 1460 g/mol. The predicted molar refractivity (Wildman–Crippen MR) is 536 cm³/mol. The number of rotatable bonds is 8. The first-order valence-corrected chi connectivity index (χ1v) is 44.1. The molecule has 0 bridgehead atoms. The van der Waals surface area contributed by atoms with Gasteiger partial charge in [-0.25, -0.2) is 0 Å². The lowest BCUT2D eigenvalue weighted by atomic mass is 9.33. The number of anilines is 6. The van der Waals surface area contributed by atoms with Crippen molar-refractivity contribution in [2.75, 3.05) is 9.80 Å². The molecule has 0 aromatic heterocycles. The molecule has 11 aromatic carbocycles. The van der Waals surface area contributed by atoms with Crippen molar-refractivity contribution in [2.24, 2.45) is 0 Å². The molecule has 2 nitrogen and oxygen atoms in total. The predicted octanol–water partition coefficient (Wildman–Crippen LogP) is 32.6. The highest BCUT2D eigenvalue weighted by molar-refractivity contribution is 7.00. The van der Waals surface area contributed by atoms with Crippen molar-refractivity contribution in [3.63, 3.8) is 0 Å². The Kier molecular flexibility index (Phi) is 16.9. The summed E-state index contributed by atoms with van der Waals surface area (Å²) in [7, 11) is 0. The van der Waals surface area contributed by atoms with E-state index in [1.54, 1.807) is 0 Å². The van der Waals surface area contributed by atoms with E-state index in [1.807, 2.05) is 176 Å². The van der Waals surface area contributed by atoms with Gasteiger partial charge in [0, 0.05) is 45.0 Å². The van der Waals surface area contributed by atoms with Gasteiger partial charge in [0.15, 0.2) is 0 Å². The first kappa shape index (κ1) is 68.5. The highest BCUT2D eigenvalue weighted by atomic mass is 15.2. The van der Waals surface area contributed by atoms with Crippen LogP contribution in [0.3, 0.4) is 0 Å². The Hall–Kier alpha value is -8.92. The molecule has 3 heteroatoms. The Morgan fingerprint density at radius 1 is 0.198 bits per heavy atom. The van der Waals surface area contributed by atoms with Crippen LogP contribution in [0.1, 0.15) is 367 Å². The van der Waals surface area contributed by atoms with Crippen LogP contribution in [0.2, 0.25) is 0 Å². The third-order valence-corrected chi connectivity index (χ3v) is 24.2. The van der Waals surface area contributed by atoms with Crippen LogP contribution >= 0.6 is 0 Å². The number of hydrogen-bond donors (Lipinski definition) is 0. The Balaban J connectivity index is 1.48. The third-order valence-electron chi connectivity index (χ3n) is 24.2. The van der Waals surface area contributed by atoms with Gasteiger partial charge in [-0.05, 0) is 252 Å². The molecule has 2 heterocycles. The van der Waals surface area contributed by atoms with Gasteiger partial charge in [-0.1, -0.05) is 415 Å². The number of fused-ring (bicyclic) bond motifs is 4. The van der Waals surface area contributed by atoms with Crippen molar-refractivity contribution in [3.05, 3.63) is 266 Å². The van der Waals surface area contributed by atoms with Crippen LogP contribution in [-0.2, 0) is 70.4 Å². The summed E-state index contributed by atoms with van der Waals surface area (Å²) in [5, 5.41) is 0. The van der Waals surface area contributed by atoms with E-state index in [0.29, 0.717) is 55.8 Å². The summed E-state index contributed by atoms with van der Waals surface area (Å²) in [5.74, 6) is 0. The van der Waals surface area contributed by atoms with Crippen molar-refractivity contribution in [3.8, 4) is 66.8 Å². The van der Waals surface area contributed by atoms with Crippen LogP contribution in [-0.4, -0.2) is 6.71 Å². The molecule has 11 aromatic rings.